The Labute approximate surface area is 105 Å². The largest absolute Gasteiger partial charge is 0.481 e. The summed E-state index contributed by atoms with van der Waals surface area (Å²) in [6.45, 7) is 0. The van der Waals surface area contributed by atoms with Gasteiger partial charge in [0.1, 0.15) is 0 Å². The van der Waals surface area contributed by atoms with Crippen molar-refractivity contribution < 1.29 is 23.1 Å². The Morgan fingerprint density at radius 3 is 2.53 bits per heavy atom. The Kier molecular flexibility index (Phi) is 4.70. The molecule has 0 saturated heterocycles. The van der Waals surface area contributed by atoms with Crippen molar-refractivity contribution in [3.05, 3.63) is 28.8 Å². The first-order valence-electron chi connectivity index (χ1n) is 4.51. The Morgan fingerprint density at radius 2 is 2.00 bits per heavy atom. The Morgan fingerprint density at radius 1 is 1.35 bits per heavy atom. The molecule has 1 aromatic rings. The number of rotatable bonds is 4. The third-order valence-electron chi connectivity index (χ3n) is 1.78. The van der Waals surface area contributed by atoms with Gasteiger partial charge in [-0.05, 0) is 18.2 Å². The van der Waals surface area contributed by atoms with Gasteiger partial charge in [0.2, 0.25) is 0 Å². The first-order chi connectivity index (χ1) is 7.79. The highest BCUT2D eigenvalue weighted by molar-refractivity contribution is 7.99. The topological polar surface area (TPSA) is 37.3 Å². The van der Waals surface area contributed by atoms with Crippen molar-refractivity contribution in [2.45, 2.75) is 17.5 Å². The second kappa shape index (κ2) is 5.64. The summed E-state index contributed by atoms with van der Waals surface area (Å²) in [5.41, 5.74) is -0.831. The molecular weight excluding hydrogens is 277 g/mol. The summed E-state index contributed by atoms with van der Waals surface area (Å²) in [4.78, 5) is 10.6. The molecule has 0 amide bonds. The normalized spacial score (nSPS) is 11.5. The summed E-state index contributed by atoms with van der Waals surface area (Å²) in [5.74, 6) is -0.789. The lowest BCUT2D eigenvalue weighted by molar-refractivity contribution is -0.138. The number of benzene rings is 1. The van der Waals surface area contributed by atoms with Crippen LogP contribution in [-0.4, -0.2) is 16.8 Å². The number of thioether (sulfide) groups is 1. The molecule has 0 spiro atoms. The molecule has 1 aromatic carbocycles. The van der Waals surface area contributed by atoms with Crippen LogP contribution in [0.5, 0.6) is 0 Å². The van der Waals surface area contributed by atoms with E-state index in [0.29, 0.717) is 4.90 Å². The molecule has 0 saturated carbocycles. The highest BCUT2D eigenvalue weighted by atomic mass is 35.5. The Hall–Kier alpha value is -0.880. The van der Waals surface area contributed by atoms with E-state index in [1.165, 1.54) is 6.07 Å². The van der Waals surface area contributed by atoms with Gasteiger partial charge in [-0.2, -0.15) is 13.2 Å². The van der Waals surface area contributed by atoms with Gasteiger partial charge in [-0.3, -0.25) is 4.79 Å². The molecule has 17 heavy (non-hydrogen) atoms. The fraction of sp³-hybridized carbons (Fsp3) is 0.300. The van der Waals surface area contributed by atoms with Gasteiger partial charge in [-0.25, -0.2) is 0 Å². The summed E-state index contributed by atoms with van der Waals surface area (Å²) >= 11 is 6.60. The molecule has 0 radical (unpaired) electrons. The van der Waals surface area contributed by atoms with Gasteiger partial charge in [0.15, 0.2) is 0 Å². The molecule has 7 heteroatoms. The maximum Gasteiger partial charge on any atom is 0.416 e. The van der Waals surface area contributed by atoms with Gasteiger partial charge in [-0.15, -0.1) is 11.8 Å². The zero-order chi connectivity index (χ0) is 13.1. The zero-order valence-corrected chi connectivity index (χ0v) is 9.99. The van der Waals surface area contributed by atoms with Gasteiger partial charge in [0.25, 0.3) is 0 Å². The summed E-state index contributed by atoms with van der Waals surface area (Å²) < 4.78 is 37.3. The lowest BCUT2D eigenvalue weighted by atomic mass is 10.2. The third-order valence-corrected chi connectivity index (χ3v) is 2.98. The average molecular weight is 285 g/mol. The molecule has 0 aliphatic heterocycles. The standard InChI is InChI=1S/C10H8ClF3O2S/c11-7-3-6(10(12,13)14)4-8(5-7)17-2-1-9(15)16/h3-5H,1-2H2,(H,15,16). The van der Waals surface area contributed by atoms with E-state index in [4.69, 9.17) is 16.7 Å². The average Bonchev–Trinajstić information content (AvgIpc) is 2.14. The number of carboxylic acids is 1. The summed E-state index contributed by atoms with van der Waals surface area (Å²) in [6.07, 6.45) is -4.56. The van der Waals surface area contributed by atoms with E-state index < -0.39 is 17.7 Å². The van der Waals surface area contributed by atoms with Crippen molar-refractivity contribution in [2.24, 2.45) is 0 Å². The van der Waals surface area contributed by atoms with Crippen LogP contribution in [0.3, 0.4) is 0 Å². The van der Waals surface area contributed by atoms with E-state index >= 15 is 0 Å². The van der Waals surface area contributed by atoms with Crippen LogP contribution in [-0.2, 0) is 11.0 Å². The fourth-order valence-electron chi connectivity index (χ4n) is 1.07. The first-order valence-corrected chi connectivity index (χ1v) is 5.88. The maximum absolute atomic E-state index is 12.4. The van der Waals surface area contributed by atoms with E-state index in [9.17, 15) is 18.0 Å². The van der Waals surface area contributed by atoms with Crippen molar-refractivity contribution in [3.63, 3.8) is 0 Å². The minimum atomic E-state index is -4.45. The number of halogens is 4. The smallest absolute Gasteiger partial charge is 0.416 e. The van der Waals surface area contributed by atoms with Crippen LogP contribution in [0.4, 0.5) is 13.2 Å². The van der Waals surface area contributed by atoms with Crippen LogP contribution in [0.15, 0.2) is 23.1 Å². The van der Waals surface area contributed by atoms with Crippen LogP contribution >= 0.6 is 23.4 Å². The molecule has 0 fully saturated rings. The Balaban J connectivity index is 2.79. The Bertz CT molecular complexity index is 421. The molecule has 0 aliphatic rings. The predicted octanol–water partition coefficient (Wildman–Crippen LogP) is 3.93. The highest BCUT2D eigenvalue weighted by Gasteiger charge is 2.31. The van der Waals surface area contributed by atoms with Crippen LogP contribution in [0.1, 0.15) is 12.0 Å². The van der Waals surface area contributed by atoms with Gasteiger partial charge in [0, 0.05) is 15.7 Å². The number of hydrogen-bond donors (Lipinski definition) is 1. The van der Waals surface area contributed by atoms with Crippen molar-refractivity contribution >= 4 is 29.3 Å². The number of hydrogen-bond acceptors (Lipinski definition) is 2. The molecule has 0 atom stereocenters. The highest BCUT2D eigenvalue weighted by Crippen LogP contribution is 2.34. The second-order valence-electron chi connectivity index (χ2n) is 3.17. The van der Waals surface area contributed by atoms with Gasteiger partial charge in [0.05, 0.1) is 12.0 Å². The van der Waals surface area contributed by atoms with Gasteiger partial charge in [-0.1, -0.05) is 11.6 Å². The van der Waals surface area contributed by atoms with E-state index in [2.05, 4.69) is 0 Å². The van der Waals surface area contributed by atoms with Crippen molar-refractivity contribution in [3.8, 4) is 0 Å². The molecule has 0 heterocycles. The second-order valence-corrected chi connectivity index (χ2v) is 4.77. The molecule has 0 aromatic heterocycles. The molecule has 0 bridgehead atoms. The van der Waals surface area contributed by atoms with Crippen LogP contribution in [0.25, 0.3) is 0 Å². The minimum Gasteiger partial charge on any atom is -0.481 e. The lowest BCUT2D eigenvalue weighted by Gasteiger charge is -2.09. The molecular formula is C10H8ClF3O2S. The fourth-order valence-corrected chi connectivity index (χ4v) is 2.30. The predicted molar refractivity (Wildman–Crippen MR) is 59.4 cm³/mol. The van der Waals surface area contributed by atoms with Gasteiger partial charge >= 0.3 is 12.1 Å². The van der Waals surface area contributed by atoms with Crippen molar-refractivity contribution in [1.82, 2.24) is 0 Å². The van der Waals surface area contributed by atoms with E-state index in [1.807, 2.05) is 0 Å². The number of alkyl halides is 3. The quantitative estimate of drug-likeness (QED) is 0.851. The van der Waals surface area contributed by atoms with Crippen molar-refractivity contribution in [2.75, 3.05) is 5.75 Å². The maximum atomic E-state index is 12.4. The molecule has 1 N–H and O–H groups in total. The molecule has 2 nitrogen and oxygen atoms in total. The van der Waals surface area contributed by atoms with Crippen molar-refractivity contribution in [1.29, 1.82) is 0 Å². The lowest BCUT2D eigenvalue weighted by Crippen LogP contribution is -2.05. The molecule has 0 unspecified atom stereocenters. The summed E-state index contributed by atoms with van der Waals surface area (Å²) in [7, 11) is 0. The monoisotopic (exact) mass is 284 g/mol. The van der Waals surface area contributed by atoms with E-state index in [0.717, 1.165) is 23.9 Å². The number of aliphatic carboxylic acids is 1. The molecule has 1 rings (SSSR count). The van der Waals surface area contributed by atoms with Crippen LogP contribution in [0, 0.1) is 0 Å². The van der Waals surface area contributed by atoms with Gasteiger partial charge < -0.3 is 5.11 Å². The van der Waals surface area contributed by atoms with Crippen LogP contribution in [0.2, 0.25) is 5.02 Å². The molecule has 94 valence electrons. The van der Waals surface area contributed by atoms with E-state index in [-0.39, 0.29) is 17.2 Å². The third kappa shape index (κ3) is 4.87. The summed E-state index contributed by atoms with van der Waals surface area (Å²) in [5, 5.41) is 8.39. The zero-order valence-electron chi connectivity index (χ0n) is 8.42. The molecule has 0 aliphatic carbocycles. The number of carboxylic acid groups (broad SMARTS) is 1. The summed E-state index contributed by atoms with van der Waals surface area (Å²) in [6, 6.07) is 3.17. The SMILES string of the molecule is O=C(O)CCSc1cc(Cl)cc(C(F)(F)F)c1. The van der Waals surface area contributed by atoms with Crippen LogP contribution < -0.4 is 0 Å². The van der Waals surface area contributed by atoms with E-state index in [1.54, 1.807) is 0 Å². The number of carbonyl (C=O) groups is 1. The first kappa shape index (κ1) is 14.2. The minimum absolute atomic E-state index is 0.0161.